The minimum Gasteiger partial charge on any atom is -0.385 e. The van der Waals surface area contributed by atoms with Gasteiger partial charge in [-0.1, -0.05) is 5.16 Å². The van der Waals surface area contributed by atoms with Crippen LogP contribution in [0.15, 0.2) is 29.0 Å². The summed E-state index contributed by atoms with van der Waals surface area (Å²) in [6.45, 7) is 4.86. The molecule has 1 saturated heterocycles. The van der Waals surface area contributed by atoms with E-state index in [0.29, 0.717) is 37.4 Å². The molecular formula is C17H20N4O4. The van der Waals surface area contributed by atoms with Gasteiger partial charge in [-0.05, 0) is 19.1 Å². The summed E-state index contributed by atoms with van der Waals surface area (Å²) in [6.07, 6.45) is 2.26. The van der Waals surface area contributed by atoms with Crippen molar-refractivity contribution in [3.8, 4) is 11.3 Å². The van der Waals surface area contributed by atoms with Gasteiger partial charge in [0.05, 0.1) is 0 Å². The lowest BCUT2D eigenvalue weighted by molar-refractivity contribution is -0.130. The largest absolute Gasteiger partial charge is 0.385 e. The summed E-state index contributed by atoms with van der Waals surface area (Å²) in [5.74, 6) is -0.130. The van der Waals surface area contributed by atoms with Crippen molar-refractivity contribution in [1.29, 1.82) is 0 Å². The van der Waals surface area contributed by atoms with Gasteiger partial charge in [-0.3, -0.25) is 14.6 Å². The number of rotatable bonds is 3. The van der Waals surface area contributed by atoms with Crippen LogP contribution in [0.5, 0.6) is 0 Å². The molecule has 1 fully saturated rings. The maximum Gasteiger partial charge on any atom is 0.259 e. The average Bonchev–Trinajstić information content (AvgIpc) is 3.07. The number of nitrogens with zero attached hydrogens (tertiary/aromatic N) is 4. The second kappa shape index (κ2) is 7.02. The molecule has 0 saturated carbocycles. The van der Waals surface area contributed by atoms with Crippen LogP contribution >= 0.6 is 0 Å². The van der Waals surface area contributed by atoms with Crippen LogP contribution in [-0.4, -0.2) is 63.0 Å². The standard InChI is InChI=1S/C17H20N4O4/c1-11(22)16-14(15(19-25-16)13-4-3-5-18-10-13)17(24)21-8-6-20(7-9-21)12(2)23/h3-5,10-11,22H,6-9H2,1-2H3. The summed E-state index contributed by atoms with van der Waals surface area (Å²) >= 11 is 0. The Morgan fingerprint density at radius 2 is 1.92 bits per heavy atom. The van der Waals surface area contributed by atoms with Crippen LogP contribution in [0.4, 0.5) is 0 Å². The van der Waals surface area contributed by atoms with Crippen molar-refractivity contribution in [2.24, 2.45) is 0 Å². The van der Waals surface area contributed by atoms with Gasteiger partial charge in [0, 0.05) is 51.1 Å². The Bertz CT molecular complexity index is 764. The van der Waals surface area contributed by atoms with Crippen molar-refractivity contribution in [3.63, 3.8) is 0 Å². The molecule has 0 aliphatic carbocycles. The fraction of sp³-hybridized carbons (Fsp3) is 0.412. The van der Waals surface area contributed by atoms with Crippen LogP contribution in [-0.2, 0) is 4.79 Å². The molecule has 0 aromatic carbocycles. The van der Waals surface area contributed by atoms with Gasteiger partial charge in [-0.2, -0.15) is 0 Å². The van der Waals surface area contributed by atoms with Gasteiger partial charge in [-0.25, -0.2) is 0 Å². The second-order valence-corrected chi connectivity index (χ2v) is 5.99. The molecule has 1 aliphatic heterocycles. The van der Waals surface area contributed by atoms with E-state index in [0.717, 1.165) is 0 Å². The van der Waals surface area contributed by atoms with Crippen LogP contribution in [0.3, 0.4) is 0 Å². The lowest BCUT2D eigenvalue weighted by atomic mass is 10.0. The van der Waals surface area contributed by atoms with Crippen molar-refractivity contribution in [3.05, 3.63) is 35.9 Å². The predicted octanol–water partition coefficient (Wildman–Crippen LogP) is 1.09. The van der Waals surface area contributed by atoms with Crippen molar-refractivity contribution in [2.45, 2.75) is 20.0 Å². The number of piperazine rings is 1. The molecule has 2 amide bonds. The fourth-order valence-corrected chi connectivity index (χ4v) is 2.88. The Balaban J connectivity index is 1.92. The number of aliphatic hydroxyl groups is 1. The van der Waals surface area contributed by atoms with Crippen LogP contribution < -0.4 is 0 Å². The Labute approximate surface area is 145 Å². The first-order valence-electron chi connectivity index (χ1n) is 8.12. The number of hydrogen-bond donors (Lipinski definition) is 1. The van der Waals surface area contributed by atoms with Gasteiger partial charge in [0.25, 0.3) is 5.91 Å². The Kier molecular flexibility index (Phi) is 4.80. The molecule has 1 atom stereocenters. The topological polar surface area (TPSA) is 99.8 Å². The number of amides is 2. The van der Waals surface area contributed by atoms with E-state index in [9.17, 15) is 14.7 Å². The van der Waals surface area contributed by atoms with Crippen molar-refractivity contribution in [1.82, 2.24) is 19.9 Å². The first kappa shape index (κ1) is 17.1. The van der Waals surface area contributed by atoms with E-state index in [-0.39, 0.29) is 23.1 Å². The summed E-state index contributed by atoms with van der Waals surface area (Å²) in [7, 11) is 0. The maximum atomic E-state index is 13.0. The highest BCUT2D eigenvalue weighted by molar-refractivity contribution is 6.01. The van der Waals surface area contributed by atoms with Gasteiger partial charge in [0.15, 0.2) is 5.76 Å². The number of hydrogen-bond acceptors (Lipinski definition) is 6. The normalized spacial score (nSPS) is 16.0. The Morgan fingerprint density at radius 3 is 2.48 bits per heavy atom. The lowest BCUT2D eigenvalue weighted by Gasteiger charge is -2.34. The average molecular weight is 344 g/mol. The molecule has 2 aromatic heterocycles. The molecule has 0 radical (unpaired) electrons. The predicted molar refractivity (Wildman–Crippen MR) is 88.5 cm³/mol. The molecule has 3 rings (SSSR count). The zero-order chi connectivity index (χ0) is 18.0. The van der Waals surface area contributed by atoms with E-state index in [1.807, 2.05) is 0 Å². The van der Waals surface area contributed by atoms with E-state index in [1.165, 1.54) is 13.8 Å². The van der Waals surface area contributed by atoms with Crippen LogP contribution in [0.25, 0.3) is 11.3 Å². The zero-order valence-corrected chi connectivity index (χ0v) is 14.2. The zero-order valence-electron chi connectivity index (χ0n) is 14.2. The quantitative estimate of drug-likeness (QED) is 0.895. The molecule has 2 aromatic rings. The maximum absolute atomic E-state index is 13.0. The van der Waals surface area contributed by atoms with E-state index >= 15 is 0 Å². The number of aromatic nitrogens is 2. The fourth-order valence-electron chi connectivity index (χ4n) is 2.88. The molecule has 132 valence electrons. The van der Waals surface area contributed by atoms with Gasteiger partial charge in [-0.15, -0.1) is 0 Å². The summed E-state index contributed by atoms with van der Waals surface area (Å²) in [4.78, 5) is 31.9. The van der Waals surface area contributed by atoms with Crippen molar-refractivity contribution < 1.29 is 19.2 Å². The first-order chi connectivity index (χ1) is 12.0. The molecule has 8 nitrogen and oxygen atoms in total. The third-order valence-electron chi connectivity index (χ3n) is 4.26. The Morgan fingerprint density at radius 1 is 1.24 bits per heavy atom. The van der Waals surface area contributed by atoms with Gasteiger partial charge >= 0.3 is 0 Å². The molecule has 3 heterocycles. The SMILES string of the molecule is CC(=O)N1CCN(C(=O)c2c(-c3cccnc3)noc2C(C)O)CC1. The summed E-state index contributed by atoms with van der Waals surface area (Å²) in [5.41, 5.74) is 1.26. The number of pyridine rings is 1. The van der Waals surface area contributed by atoms with E-state index in [1.54, 1.807) is 34.3 Å². The molecule has 0 bridgehead atoms. The minimum absolute atomic E-state index is 0.00204. The summed E-state index contributed by atoms with van der Waals surface area (Å²) in [6, 6.07) is 3.52. The first-order valence-corrected chi connectivity index (χ1v) is 8.12. The van der Waals surface area contributed by atoms with Crippen molar-refractivity contribution in [2.75, 3.05) is 26.2 Å². The summed E-state index contributed by atoms with van der Waals surface area (Å²) < 4.78 is 5.24. The third kappa shape index (κ3) is 3.39. The number of carbonyl (C=O) groups excluding carboxylic acids is 2. The van der Waals surface area contributed by atoms with Gasteiger partial charge < -0.3 is 19.4 Å². The minimum atomic E-state index is -0.963. The van der Waals surface area contributed by atoms with E-state index in [4.69, 9.17) is 4.52 Å². The molecule has 25 heavy (non-hydrogen) atoms. The lowest BCUT2D eigenvalue weighted by Crippen LogP contribution is -2.50. The molecule has 8 heteroatoms. The molecule has 1 aliphatic rings. The Hall–Kier alpha value is -2.74. The second-order valence-electron chi connectivity index (χ2n) is 5.99. The number of carbonyl (C=O) groups is 2. The highest BCUT2D eigenvalue weighted by Crippen LogP contribution is 2.30. The van der Waals surface area contributed by atoms with Crippen molar-refractivity contribution >= 4 is 11.8 Å². The van der Waals surface area contributed by atoms with Crippen LogP contribution in [0, 0.1) is 0 Å². The number of aliphatic hydroxyl groups excluding tert-OH is 1. The molecular weight excluding hydrogens is 324 g/mol. The molecule has 1 N–H and O–H groups in total. The van der Waals surface area contributed by atoms with E-state index in [2.05, 4.69) is 10.1 Å². The molecule has 1 unspecified atom stereocenters. The third-order valence-corrected chi connectivity index (χ3v) is 4.26. The highest BCUT2D eigenvalue weighted by Gasteiger charge is 2.31. The van der Waals surface area contributed by atoms with Crippen LogP contribution in [0.2, 0.25) is 0 Å². The van der Waals surface area contributed by atoms with E-state index < -0.39 is 6.10 Å². The van der Waals surface area contributed by atoms with Gasteiger partial charge in [0.1, 0.15) is 17.4 Å². The van der Waals surface area contributed by atoms with Crippen LogP contribution in [0.1, 0.15) is 36.1 Å². The van der Waals surface area contributed by atoms with Gasteiger partial charge in [0.2, 0.25) is 5.91 Å². The summed E-state index contributed by atoms with van der Waals surface area (Å²) in [5, 5.41) is 13.9. The highest BCUT2D eigenvalue weighted by atomic mass is 16.5. The molecule has 0 spiro atoms. The monoisotopic (exact) mass is 344 g/mol. The smallest absolute Gasteiger partial charge is 0.259 e.